The molecule has 5 nitrogen and oxygen atoms in total. The first-order chi connectivity index (χ1) is 11.1. The molecular weight excluding hydrogens is 294 g/mol. The molecule has 5 heteroatoms. The van der Waals surface area contributed by atoms with Crippen molar-refractivity contribution in [3.8, 4) is 0 Å². The topological polar surface area (TPSA) is 64.6 Å². The van der Waals surface area contributed by atoms with Gasteiger partial charge in [-0.1, -0.05) is 60.7 Å². The van der Waals surface area contributed by atoms with E-state index in [4.69, 9.17) is 9.47 Å². The van der Waals surface area contributed by atoms with Gasteiger partial charge in [0, 0.05) is 0 Å². The van der Waals surface area contributed by atoms with Crippen LogP contribution in [-0.2, 0) is 27.5 Å². The Hall–Kier alpha value is -2.82. The molecule has 1 amide bonds. The van der Waals surface area contributed by atoms with E-state index in [0.717, 1.165) is 11.1 Å². The summed E-state index contributed by atoms with van der Waals surface area (Å²) in [6.07, 6.45) is -0.717. The van der Waals surface area contributed by atoms with Gasteiger partial charge in [-0.05, 0) is 18.1 Å². The number of benzene rings is 2. The Morgan fingerprint density at radius 3 is 1.87 bits per heavy atom. The average Bonchev–Trinajstić information content (AvgIpc) is 2.59. The van der Waals surface area contributed by atoms with Crippen LogP contribution in [0.25, 0.3) is 0 Å². The predicted molar refractivity (Wildman–Crippen MR) is 85.1 cm³/mol. The Morgan fingerprint density at radius 1 is 0.870 bits per heavy atom. The second-order valence-corrected chi connectivity index (χ2v) is 4.85. The zero-order valence-electron chi connectivity index (χ0n) is 12.6. The van der Waals surface area contributed by atoms with Gasteiger partial charge in [-0.2, -0.15) is 0 Å². The fourth-order valence-electron chi connectivity index (χ4n) is 1.80. The van der Waals surface area contributed by atoms with E-state index in [2.05, 4.69) is 12.2 Å². The number of alkyl carbamates (subject to hydrolysis) is 1. The fraction of sp³-hybridized carbons (Fsp3) is 0.167. The Balaban J connectivity index is 1.71. The second kappa shape index (κ2) is 8.58. The van der Waals surface area contributed by atoms with E-state index >= 15 is 0 Å². The maximum absolute atomic E-state index is 11.8. The van der Waals surface area contributed by atoms with Crippen molar-refractivity contribution >= 4 is 12.1 Å². The van der Waals surface area contributed by atoms with Gasteiger partial charge < -0.3 is 14.8 Å². The summed E-state index contributed by atoms with van der Waals surface area (Å²) in [5.74, 6) is -0.620. The zero-order chi connectivity index (χ0) is 16.5. The van der Waals surface area contributed by atoms with E-state index in [9.17, 15) is 9.59 Å². The first-order valence-electron chi connectivity index (χ1n) is 7.16. The summed E-state index contributed by atoms with van der Waals surface area (Å²) in [5, 5.41) is 2.34. The number of esters is 1. The van der Waals surface area contributed by atoms with Crippen LogP contribution in [-0.4, -0.2) is 18.1 Å². The minimum absolute atomic E-state index is 0.123. The molecule has 1 atom stereocenters. The molecule has 2 aromatic carbocycles. The molecule has 2 aromatic rings. The lowest BCUT2D eigenvalue weighted by Gasteiger charge is -2.13. The number of hydrogen-bond acceptors (Lipinski definition) is 4. The molecule has 0 unspecified atom stereocenters. The quantitative estimate of drug-likeness (QED) is 0.833. The fourth-order valence-corrected chi connectivity index (χ4v) is 1.80. The highest BCUT2D eigenvalue weighted by atomic mass is 16.6. The molecule has 23 heavy (non-hydrogen) atoms. The first kappa shape index (κ1) is 16.5. The summed E-state index contributed by atoms with van der Waals surface area (Å²) in [7, 11) is 0. The molecule has 2 rings (SSSR count). The van der Waals surface area contributed by atoms with Gasteiger partial charge in [0.1, 0.15) is 19.3 Å². The van der Waals surface area contributed by atoms with E-state index in [1.807, 2.05) is 60.7 Å². The maximum atomic E-state index is 11.8. The summed E-state index contributed by atoms with van der Waals surface area (Å²) >= 11 is 0. The summed E-state index contributed by atoms with van der Waals surface area (Å²) < 4.78 is 10.1. The normalized spacial score (nSPS) is 11.3. The largest absolute Gasteiger partial charge is 0.459 e. The number of nitrogens with one attached hydrogen (secondary N) is 1. The third-order valence-electron chi connectivity index (χ3n) is 3.01. The minimum Gasteiger partial charge on any atom is -0.459 e. The SMILES string of the molecule is [CH2][C@@H](NC(=O)OCc1ccccc1)C(=O)OCc1ccccc1. The van der Waals surface area contributed by atoms with E-state index in [1.54, 1.807) is 0 Å². The lowest BCUT2D eigenvalue weighted by atomic mass is 10.2. The van der Waals surface area contributed by atoms with Gasteiger partial charge in [0.2, 0.25) is 0 Å². The highest BCUT2D eigenvalue weighted by Crippen LogP contribution is 2.03. The van der Waals surface area contributed by atoms with Crippen molar-refractivity contribution in [2.45, 2.75) is 19.3 Å². The first-order valence-corrected chi connectivity index (χ1v) is 7.16. The van der Waals surface area contributed by atoms with Crippen LogP contribution in [0.3, 0.4) is 0 Å². The van der Waals surface area contributed by atoms with Crippen molar-refractivity contribution in [1.29, 1.82) is 0 Å². The minimum atomic E-state index is -1.03. The van der Waals surface area contributed by atoms with E-state index in [0.29, 0.717) is 0 Å². The van der Waals surface area contributed by atoms with Gasteiger partial charge in [0.05, 0.1) is 0 Å². The number of rotatable bonds is 6. The highest BCUT2D eigenvalue weighted by Gasteiger charge is 2.18. The molecule has 0 aliphatic carbocycles. The van der Waals surface area contributed by atoms with Crippen LogP contribution in [0.15, 0.2) is 60.7 Å². The monoisotopic (exact) mass is 312 g/mol. The molecule has 0 aromatic heterocycles. The Kier molecular flexibility index (Phi) is 6.17. The third kappa shape index (κ3) is 5.82. The van der Waals surface area contributed by atoms with E-state index in [1.165, 1.54) is 0 Å². The van der Waals surface area contributed by atoms with Crippen molar-refractivity contribution < 1.29 is 19.1 Å². The Bertz CT molecular complexity index is 628. The molecule has 0 spiro atoms. The Morgan fingerprint density at radius 2 is 1.35 bits per heavy atom. The van der Waals surface area contributed by atoms with Crippen LogP contribution in [0.4, 0.5) is 4.79 Å². The molecular formula is C18H18NO4. The van der Waals surface area contributed by atoms with Gasteiger partial charge in [0.25, 0.3) is 0 Å². The second-order valence-electron chi connectivity index (χ2n) is 4.85. The molecule has 0 aliphatic heterocycles. The lowest BCUT2D eigenvalue weighted by molar-refractivity contribution is -0.146. The Labute approximate surface area is 135 Å². The van der Waals surface area contributed by atoms with Gasteiger partial charge in [0.15, 0.2) is 0 Å². The molecule has 119 valence electrons. The van der Waals surface area contributed by atoms with Gasteiger partial charge in [-0.15, -0.1) is 0 Å². The highest BCUT2D eigenvalue weighted by molar-refractivity contribution is 5.81. The van der Waals surface area contributed by atoms with E-state index in [-0.39, 0.29) is 13.2 Å². The summed E-state index contributed by atoms with van der Waals surface area (Å²) in [6.45, 7) is 3.81. The number of carbonyl (C=O) groups is 2. The zero-order valence-corrected chi connectivity index (χ0v) is 12.6. The molecule has 0 aliphatic rings. The van der Waals surface area contributed by atoms with Crippen molar-refractivity contribution in [2.75, 3.05) is 0 Å². The number of hydrogen-bond donors (Lipinski definition) is 1. The number of carbonyl (C=O) groups excluding carboxylic acids is 2. The van der Waals surface area contributed by atoms with Crippen LogP contribution in [0.1, 0.15) is 11.1 Å². The summed E-state index contributed by atoms with van der Waals surface area (Å²) in [5.41, 5.74) is 1.72. The molecule has 0 fully saturated rings. The molecule has 0 heterocycles. The van der Waals surface area contributed by atoms with Gasteiger partial charge >= 0.3 is 12.1 Å². The van der Waals surface area contributed by atoms with Gasteiger partial charge in [-0.25, -0.2) is 9.59 Å². The number of amides is 1. The molecule has 1 N–H and O–H groups in total. The van der Waals surface area contributed by atoms with Crippen LogP contribution in [0.5, 0.6) is 0 Å². The molecule has 0 saturated carbocycles. The molecule has 0 saturated heterocycles. The smallest absolute Gasteiger partial charge is 0.408 e. The number of ether oxygens (including phenoxy) is 2. The lowest BCUT2D eigenvalue weighted by Crippen LogP contribution is -2.40. The maximum Gasteiger partial charge on any atom is 0.408 e. The summed E-state index contributed by atoms with van der Waals surface area (Å²) in [6, 6.07) is 17.5. The predicted octanol–water partition coefficient (Wildman–Crippen LogP) is 2.86. The molecule has 0 bridgehead atoms. The van der Waals surface area contributed by atoms with Gasteiger partial charge in [-0.3, -0.25) is 0 Å². The standard InChI is InChI=1S/C18H18NO4/c1-14(17(20)22-12-15-8-4-2-5-9-15)19-18(21)23-13-16-10-6-3-7-11-16/h2-11,14H,1,12-13H2,(H,19,21)/t14-/m1/s1. The third-order valence-corrected chi connectivity index (χ3v) is 3.01. The van der Waals surface area contributed by atoms with Crippen molar-refractivity contribution in [3.05, 3.63) is 78.7 Å². The van der Waals surface area contributed by atoms with Crippen LogP contribution < -0.4 is 5.32 Å². The van der Waals surface area contributed by atoms with Crippen molar-refractivity contribution in [1.82, 2.24) is 5.32 Å². The summed E-state index contributed by atoms with van der Waals surface area (Å²) in [4.78, 5) is 23.4. The average molecular weight is 312 g/mol. The van der Waals surface area contributed by atoms with Crippen LogP contribution in [0.2, 0.25) is 0 Å². The van der Waals surface area contributed by atoms with Crippen molar-refractivity contribution in [2.24, 2.45) is 0 Å². The van der Waals surface area contributed by atoms with Crippen LogP contribution >= 0.6 is 0 Å². The van der Waals surface area contributed by atoms with E-state index < -0.39 is 18.1 Å². The molecule has 1 radical (unpaired) electrons. The van der Waals surface area contributed by atoms with Crippen molar-refractivity contribution in [3.63, 3.8) is 0 Å². The van der Waals surface area contributed by atoms with Crippen LogP contribution in [0, 0.1) is 6.92 Å².